The molecule has 2 aromatic carbocycles. The Kier molecular flexibility index (Phi) is 5.71. The molecule has 9 heteroatoms. The minimum absolute atomic E-state index is 0.0806. The molecule has 0 aliphatic heterocycles. The quantitative estimate of drug-likeness (QED) is 0.624. The van der Waals surface area contributed by atoms with Gasteiger partial charge in [-0.2, -0.15) is 0 Å². The van der Waals surface area contributed by atoms with Crippen LogP contribution in [-0.4, -0.2) is 25.6 Å². The van der Waals surface area contributed by atoms with E-state index in [2.05, 4.69) is 9.71 Å². The van der Waals surface area contributed by atoms with Gasteiger partial charge in [0.2, 0.25) is 0 Å². The molecule has 0 fully saturated rings. The van der Waals surface area contributed by atoms with E-state index in [0.29, 0.717) is 27.6 Å². The molecule has 3 aromatic rings. The second kappa shape index (κ2) is 7.85. The molecule has 6 nitrogen and oxygen atoms in total. The Morgan fingerprint density at radius 2 is 1.96 bits per heavy atom. The fourth-order valence-electron chi connectivity index (χ4n) is 2.56. The summed E-state index contributed by atoms with van der Waals surface area (Å²) < 4.78 is 33.0. The van der Waals surface area contributed by atoms with Gasteiger partial charge < -0.3 is 9.84 Å². The molecule has 1 unspecified atom stereocenters. The summed E-state index contributed by atoms with van der Waals surface area (Å²) in [5.41, 5.74) is 1.33. The smallest absolute Gasteiger partial charge is 0.263 e. The lowest BCUT2D eigenvalue weighted by Crippen LogP contribution is -2.14. The number of aromatic nitrogens is 1. The van der Waals surface area contributed by atoms with Crippen molar-refractivity contribution in [1.29, 1.82) is 0 Å². The van der Waals surface area contributed by atoms with E-state index >= 15 is 0 Å². The summed E-state index contributed by atoms with van der Waals surface area (Å²) in [6.07, 6.45) is -1.04. The largest absolute Gasteiger partial charge is 0.496 e. The Balaban J connectivity index is 1.87. The topological polar surface area (TPSA) is 88.5 Å². The first-order valence-corrected chi connectivity index (χ1v) is 10.6. The van der Waals surface area contributed by atoms with Crippen LogP contribution >= 0.6 is 22.9 Å². The van der Waals surface area contributed by atoms with Crippen LogP contribution in [0.1, 0.15) is 22.9 Å². The third-order valence-corrected chi connectivity index (χ3v) is 6.76. The molecule has 0 saturated heterocycles. The summed E-state index contributed by atoms with van der Waals surface area (Å²) in [5.74, 6) is 0.523. The average Bonchev–Trinajstić information content (AvgIpc) is 3.10. The number of nitrogens with one attached hydrogen (secondary N) is 1. The molecule has 2 N–H and O–H groups in total. The number of halogens is 1. The third kappa shape index (κ3) is 4.08. The van der Waals surface area contributed by atoms with Gasteiger partial charge in [-0.25, -0.2) is 13.4 Å². The zero-order valence-electron chi connectivity index (χ0n) is 14.5. The predicted molar refractivity (Wildman–Crippen MR) is 106 cm³/mol. The highest BCUT2D eigenvalue weighted by molar-refractivity contribution is 7.93. The monoisotopic (exact) mass is 424 g/mol. The van der Waals surface area contributed by atoms with Crippen molar-refractivity contribution in [2.45, 2.75) is 17.9 Å². The van der Waals surface area contributed by atoms with Crippen LogP contribution in [0.5, 0.6) is 5.75 Å². The van der Waals surface area contributed by atoms with Crippen LogP contribution in [0.25, 0.3) is 0 Å². The number of aliphatic hydroxyl groups is 1. The Hall–Kier alpha value is -2.13. The number of ether oxygens (including phenoxy) is 1. The number of aliphatic hydroxyl groups excluding tert-OH is 1. The van der Waals surface area contributed by atoms with Crippen LogP contribution in [0, 0.1) is 6.92 Å². The lowest BCUT2D eigenvalue weighted by atomic mass is 10.1. The highest BCUT2D eigenvalue weighted by atomic mass is 35.5. The van der Waals surface area contributed by atoms with Gasteiger partial charge in [0.1, 0.15) is 11.9 Å². The molecule has 0 bridgehead atoms. The molecule has 142 valence electrons. The minimum Gasteiger partial charge on any atom is -0.496 e. The van der Waals surface area contributed by atoms with Crippen molar-refractivity contribution in [2.24, 2.45) is 0 Å². The van der Waals surface area contributed by atoms with Gasteiger partial charge in [0.05, 0.1) is 17.7 Å². The molecule has 0 radical (unpaired) electrons. The summed E-state index contributed by atoms with van der Waals surface area (Å²) >= 11 is 7.10. The van der Waals surface area contributed by atoms with Gasteiger partial charge in [0, 0.05) is 16.0 Å². The van der Waals surface area contributed by atoms with E-state index < -0.39 is 16.1 Å². The number of para-hydroxylation sites is 1. The number of hydrogen-bond acceptors (Lipinski definition) is 6. The van der Waals surface area contributed by atoms with Crippen LogP contribution in [0.3, 0.4) is 0 Å². The zero-order valence-corrected chi connectivity index (χ0v) is 16.9. The van der Waals surface area contributed by atoms with Gasteiger partial charge in [-0.3, -0.25) is 4.72 Å². The van der Waals surface area contributed by atoms with E-state index in [1.807, 2.05) is 0 Å². The summed E-state index contributed by atoms with van der Waals surface area (Å²) in [4.78, 5) is 4.30. The van der Waals surface area contributed by atoms with Crippen molar-refractivity contribution >= 4 is 38.1 Å². The van der Waals surface area contributed by atoms with E-state index in [1.165, 1.54) is 13.2 Å². The normalized spacial score (nSPS) is 12.6. The van der Waals surface area contributed by atoms with E-state index in [9.17, 15) is 13.5 Å². The van der Waals surface area contributed by atoms with Crippen molar-refractivity contribution in [3.63, 3.8) is 0 Å². The molecular formula is C18H17ClN2O4S2. The Bertz CT molecular complexity index is 1070. The molecule has 1 atom stereocenters. The number of methoxy groups -OCH3 is 1. The number of thiazole rings is 1. The van der Waals surface area contributed by atoms with E-state index in [0.717, 1.165) is 11.3 Å². The first-order chi connectivity index (χ1) is 12.8. The molecule has 27 heavy (non-hydrogen) atoms. The fourth-order valence-corrected chi connectivity index (χ4v) is 5.04. The third-order valence-electron chi connectivity index (χ3n) is 3.96. The molecule has 0 aliphatic carbocycles. The number of hydrogen-bond donors (Lipinski definition) is 2. The maximum atomic E-state index is 12.6. The molecule has 0 aliphatic rings. The lowest BCUT2D eigenvalue weighted by Gasteiger charge is -2.12. The maximum absolute atomic E-state index is 12.6. The highest BCUT2D eigenvalue weighted by Gasteiger charge is 2.22. The van der Waals surface area contributed by atoms with Crippen LogP contribution < -0.4 is 9.46 Å². The summed E-state index contributed by atoms with van der Waals surface area (Å²) in [5, 5.41) is 12.7. The van der Waals surface area contributed by atoms with Gasteiger partial charge in [0.25, 0.3) is 10.0 Å². The van der Waals surface area contributed by atoms with Crippen molar-refractivity contribution in [3.05, 3.63) is 69.7 Å². The molecule has 0 amide bonds. The minimum atomic E-state index is -3.85. The van der Waals surface area contributed by atoms with Crippen LogP contribution in [0.2, 0.25) is 5.02 Å². The number of nitrogens with zero attached hydrogens (tertiary/aromatic N) is 1. The lowest BCUT2D eigenvalue weighted by molar-refractivity contribution is 0.211. The van der Waals surface area contributed by atoms with Gasteiger partial charge in [-0.05, 0) is 30.7 Å². The maximum Gasteiger partial charge on any atom is 0.263 e. The average molecular weight is 425 g/mol. The first-order valence-electron chi connectivity index (χ1n) is 7.88. The van der Waals surface area contributed by atoms with E-state index in [1.54, 1.807) is 48.7 Å². The summed E-state index contributed by atoms with van der Waals surface area (Å²) in [6, 6.07) is 11.7. The first kappa shape index (κ1) is 19.6. The standard InChI is InChI=1S/C18H17ClN2O4S2/c1-11-13(19)7-5-9-16(11)27(23,24)21-18-20-14(10-26-18)17(22)12-6-3-4-8-15(12)25-2/h3-10,17,22H,1-2H3,(H,20,21). The fraction of sp³-hybridized carbons (Fsp3) is 0.167. The zero-order chi connectivity index (χ0) is 19.6. The predicted octanol–water partition coefficient (Wildman–Crippen LogP) is 4.00. The molecule has 1 aromatic heterocycles. The second-order valence-electron chi connectivity index (χ2n) is 5.69. The van der Waals surface area contributed by atoms with Crippen LogP contribution in [0.15, 0.2) is 52.7 Å². The summed E-state index contributed by atoms with van der Waals surface area (Å²) in [6.45, 7) is 1.63. The van der Waals surface area contributed by atoms with Crippen LogP contribution in [0.4, 0.5) is 5.13 Å². The Morgan fingerprint density at radius 3 is 2.70 bits per heavy atom. The van der Waals surface area contributed by atoms with Crippen molar-refractivity contribution in [3.8, 4) is 5.75 Å². The van der Waals surface area contributed by atoms with Crippen molar-refractivity contribution in [1.82, 2.24) is 4.98 Å². The van der Waals surface area contributed by atoms with Gasteiger partial charge >= 0.3 is 0 Å². The molecule has 0 saturated carbocycles. The SMILES string of the molecule is COc1ccccc1C(O)c1csc(NS(=O)(=O)c2cccc(Cl)c2C)n1. The van der Waals surface area contributed by atoms with Gasteiger partial charge in [-0.1, -0.05) is 35.9 Å². The number of sulfonamides is 1. The number of anilines is 1. The van der Waals surface area contributed by atoms with E-state index in [4.69, 9.17) is 16.3 Å². The molecule has 1 heterocycles. The Labute approximate surface area is 166 Å². The van der Waals surface area contributed by atoms with Crippen LogP contribution in [-0.2, 0) is 10.0 Å². The molecular weight excluding hydrogens is 408 g/mol. The summed E-state index contributed by atoms with van der Waals surface area (Å²) in [7, 11) is -2.34. The number of benzene rings is 2. The van der Waals surface area contributed by atoms with E-state index in [-0.39, 0.29) is 10.0 Å². The van der Waals surface area contributed by atoms with Crippen molar-refractivity contribution < 1.29 is 18.3 Å². The van der Waals surface area contributed by atoms with Crippen molar-refractivity contribution in [2.75, 3.05) is 11.8 Å². The Morgan fingerprint density at radius 1 is 1.22 bits per heavy atom. The van der Waals surface area contributed by atoms with Gasteiger partial charge in [0.15, 0.2) is 5.13 Å². The highest BCUT2D eigenvalue weighted by Crippen LogP contribution is 2.32. The molecule has 0 spiro atoms. The number of rotatable bonds is 6. The van der Waals surface area contributed by atoms with Gasteiger partial charge in [-0.15, -0.1) is 11.3 Å². The molecule has 3 rings (SSSR count). The second-order valence-corrected chi connectivity index (χ2v) is 8.61.